The zero-order valence-corrected chi connectivity index (χ0v) is 17.6. The highest BCUT2D eigenvalue weighted by atomic mass is 35.5. The molecule has 0 fully saturated rings. The SMILES string of the molecule is Cc1ccc(C(=O)NCCNC(=O)Cn2c(-c3ccc(Cl)cc3)n[nH]c2=S)cc1F. The lowest BCUT2D eigenvalue weighted by molar-refractivity contribution is -0.121. The van der Waals surface area contributed by atoms with Gasteiger partial charge in [-0.15, -0.1) is 0 Å². The van der Waals surface area contributed by atoms with Crippen LogP contribution < -0.4 is 10.6 Å². The zero-order chi connectivity index (χ0) is 21.7. The van der Waals surface area contributed by atoms with Crippen molar-refractivity contribution in [2.75, 3.05) is 13.1 Å². The van der Waals surface area contributed by atoms with Crippen LogP contribution >= 0.6 is 23.8 Å². The number of H-pyrrole nitrogens is 1. The molecule has 2 amide bonds. The van der Waals surface area contributed by atoms with Crippen molar-refractivity contribution in [2.45, 2.75) is 13.5 Å². The first kappa shape index (κ1) is 21.7. The smallest absolute Gasteiger partial charge is 0.251 e. The van der Waals surface area contributed by atoms with E-state index in [9.17, 15) is 14.0 Å². The summed E-state index contributed by atoms with van der Waals surface area (Å²) in [6.45, 7) is 1.99. The molecule has 0 radical (unpaired) electrons. The molecule has 7 nitrogen and oxygen atoms in total. The van der Waals surface area contributed by atoms with E-state index in [0.29, 0.717) is 21.2 Å². The van der Waals surface area contributed by atoms with Gasteiger partial charge in [-0.25, -0.2) is 4.39 Å². The third-order valence-electron chi connectivity index (χ3n) is 4.33. The Balaban J connectivity index is 1.52. The van der Waals surface area contributed by atoms with Crippen LogP contribution in [0.5, 0.6) is 0 Å². The van der Waals surface area contributed by atoms with E-state index in [0.717, 1.165) is 5.56 Å². The molecule has 156 valence electrons. The number of rotatable bonds is 7. The molecule has 0 spiro atoms. The summed E-state index contributed by atoms with van der Waals surface area (Å²) in [5, 5.41) is 12.8. The van der Waals surface area contributed by atoms with Crippen molar-refractivity contribution >= 4 is 35.6 Å². The lowest BCUT2D eigenvalue weighted by atomic mass is 10.1. The van der Waals surface area contributed by atoms with Gasteiger partial charge in [0.15, 0.2) is 10.6 Å². The van der Waals surface area contributed by atoms with Crippen molar-refractivity contribution < 1.29 is 14.0 Å². The number of nitrogens with one attached hydrogen (secondary N) is 3. The van der Waals surface area contributed by atoms with Crippen LogP contribution in [0.3, 0.4) is 0 Å². The fourth-order valence-corrected chi connectivity index (χ4v) is 3.02. The Hall–Kier alpha value is -3.04. The fraction of sp³-hybridized carbons (Fsp3) is 0.200. The number of nitrogens with zero attached hydrogens (tertiary/aromatic N) is 2. The minimum atomic E-state index is -0.440. The summed E-state index contributed by atoms with van der Waals surface area (Å²) >= 11 is 11.1. The largest absolute Gasteiger partial charge is 0.353 e. The monoisotopic (exact) mass is 447 g/mol. The zero-order valence-electron chi connectivity index (χ0n) is 16.0. The molecule has 0 saturated heterocycles. The summed E-state index contributed by atoms with van der Waals surface area (Å²) < 4.78 is 15.4. The first-order valence-electron chi connectivity index (χ1n) is 9.07. The highest BCUT2D eigenvalue weighted by molar-refractivity contribution is 7.71. The number of hydrogen-bond acceptors (Lipinski definition) is 4. The molecule has 0 aliphatic heterocycles. The second kappa shape index (κ2) is 9.64. The molecule has 0 aliphatic carbocycles. The normalized spacial score (nSPS) is 10.6. The van der Waals surface area contributed by atoms with Crippen LogP contribution in [0.25, 0.3) is 11.4 Å². The Kier molecular flexibility index (Phi) is 6.96. The number of amides is 2. The molecule has 1 aromatic heterocycles. The van der Waals surface area contributed by atoms with Crippen LogP contribution in [0.4, 0.5) is 4.39 Å². The number of carbonyl (C=O) groups is 2. The Labute approximate surface area is 182 Å². The van der Waals surface area contributed by atoms with E-state index < -0.39 is 11.7 Å². The van der Waals surface area contributed by atoms with Gasteiger partial charge in [-0.2, -0.15) is 5.10 Å². The first-order chi connectivity index (χ1) is 14.3. The topological polar surface area (TPSA) is 91.8 Å². The molecule has 3 N–H and O–H groups in total. The van der Waals surface area contributed by atoms with E-state index in [1.807, 2.05) is 0 Å². The average molecular weight is 448 g/mol. The number of aryl methyl sites for hydroxylation is 1. The van der Waals surface area contributed by atoms with Gasteiger partial charge < -0.3 is 10.6 Å². The quantitative estimate of drug-likeness (QED) is 0.383. The highest BCUT2D eigenvalue weighted by Crippen LogP contribution is 2.19. The van der Waals surface area contributed by atoms with E-state index >= 15 is 0 Å². The van der Waals surface area contributed by atoms with E-state index in [1.165, 1.54) is 6.07 Å². The van der Waals surface area contributed by atoms with Crippen molar-refractivity contribution in [2.24, 2.45) is 0 Å². The third kappa shape index (κ3) is 5.31. The Morgan fingerprint density at radius 2 is 1.87 bits per heavy atom. The summed E-state index contributed by atoms with van der Waals surface area (Å²) in [5.41, 5.74) is 1.45. The van der Waals surface area contributed by atoms with Crippen LogP contribution in [0.1, 0.15) is 15.9 Å². The number of aromatic amines is 1. The molecule has 2 aromatic carbocycles. The van der Waals surface area contributed by atoms with E-state index in [2.05, 4.69) is 20.8 Å². The van der Waals surface area contributed by atoms with Gasteiger partial charge in [0.05, 0.1) is 0 Å². The molecule has 3 aromatic rings. The van der Waals surface area contributed by atoms with Gasteiger partial charge in [-0.05, 0) is 61.1 Å². The maximum absolute atomic E-state index is 13.6. The van der Waals surface area contributed by atoms with E-state index in [1.54, 1.807) is 47.9 Å². The Morgan fingerprint density at radius 1 is 1.17 bits per heavy atom. The molecule has 3 rings (SSSR count). The number of hydrogen-bond donors (Lipinski definition) is 3. The molecular weight excluding hydrogens is 429 g/mol. The summed E-state index contributed by atoms with van der Waals surface area (Å²) in [6, 6.07) is 11.3. The minimum absolute atomic E-state index is 0.0373. The van der Waals surface area contributed by atoms with E-state index in [-0.39, 0.29) is 31.1 Å². The second-order valence-corrected chi connectivity index (χ2v) is 7.34. The average Bonchev–Trinajstić information content (AvgIpc) is 3.08. The van der Waals surface area contributed by atoms with Gasteiger partial charge in [-0.3, -0.25) is 19.3 Å². The maximum atomic E-state index is 13.6. The number of halogens is 2. The molecular formula is C20H19ClFN5O2S. The van der Waals surface area contributed by atoms with Crippen molar-refractivity contribution in [1.29, 1.82) is 0 Å². The third-order valence-corrected chi connectivity index (χ3v) is 4.89. The molecule has 1 heterocycles. The fourth-order valence-electron chi connectivity index (χ4n) is 2.70. The molecule has 0 saturated carbocycles. The van der Waals surface area contributed by atoms with E-state index in [4.69, 9.17) is 23.8 Å². The van der Waals surface area contributed by atoms with Gasteiger partial charge >= 0.3 is 0 Å². The standard InChI is InChI=1S/C20H19ClFN5O2S/c1-12-2-3-14(10-16(12)22)19(29)24-9-8-23-17(28)11-27-18(25-26-20(27)30)13-4-6-15(21)7-5-13/h2-7,10H,8-9,11H2,1H3,(H,23,28)(H,24,29)(H,26,30). The van der Waals surface area contributed by atoms with Gasteiger partial charge in [0.25, 0.3) is 5.91 Å². The van der Waals surface area contributed by atoms with Gasteiger partial charge in [-0.1, -0.05) is 17.7 Å². The highest BCUT2D eigenvalue weighted by Gasteiger charge is 2.13. The van der Waals surface area contributed by atoms with Crippen LogP contribution in [-0.4, -0.2) is 39.7 Å². The summed E-state index contributed by atoms with van der Waals surface area (Å²) in [5.74, 6) is -0.630. The van der Waals surface area contributed by atoms with Crippen LogP contribution in [0.2, 0.25) is 5.02 Å². The molecule has 0 aliphatic rings. The number of carbonyl (C=O) groups excluding carboxylic acids is 2. The predicted molar refractivity (Wildman–Crippen MR) is 114 cm³/mol. The van der Waals surface area contributed by atoms with Gasteiger partial charge in [0, 0.05) is 29.2 Å². The minimum Gasteiger partial charge on any atom is -0.353 e. The maximum Gasteiger partial charge on any atom is 0.251 e. The van der Waals surface area contributed by atoms with Crippen molar-refractivity contribution in [1.82, 2.24) is 25.4 Å². The Bertz CT molecular complexity index is 1130. The summed E-state index contributed by atoms with van der Waals surface area (Å²) in [7, 11) is 0. The molecule has 30 heavy (non-hydrogen) atoms. The first-order valence-corrected chi connectivity index (χ1v) is 9.86. The molecule has 0 unspecified atom stereocenters. The van der Waals surface area contributed by atoms with Crippen molar-refractivity contribution in [3.8, 4) is 11.4 Å². The van der Waals surface area contributed by atoms with Gasteiger partial charge in [0.2, 0.25) is 5.91 Å². The molecule has 0 bridgehead atoms. The molecule has 10 heteroatoms. The molecule has 0 atom stereocenters. The van der Waals surface area contributed by atoms with Crippen LogP contribution in [-0.2, 0) is 11.3 Å². The van der Waals surface area contributed by atoms with Crippen LogP contribution in [0.15, 0.2) is 42.5 Å². The lowest BCUT2D eigenvalue weighted by Gasteiger charge is -2.09. The van der Waals surface area contributed by atoms with Crippen molar-refractivity contribution in [3.63, 3.8) is 0 Å². The number of benzene rings is 2. The van der Waals surface area contributed by atoms with Crippen LogP contribution in [0, 0.1) is 17.5 Å². The van der Waals surface area contributed by atoms with Gasteiger partial charge in [0.1, 0.15) is 12.4 Å². The lowest BCUT2D eigenvalue weighted by Crippen LogP contribution is -2.36. The van der Waals surface area contributed by atoms with Crippen molar-refractivity contribution in [3.05, 3.63) is 69.2 Å². The predicted octanol–water partition coefficient (Wildman–Crippen LogP) is 3.25. The summed E-state index contributed by atoms with van der Waals surface area (Å²) in [4.78, 5) is 24.3. The Morgan fingerprint density at radius 3 is 2.57 bits per heavy atom. The number of aromatic nitrogens is 3. The second-order valence-electron chi connectivity index (χ2n) is 6.52. The summed E-state index contributed by atoms with van der Waals surface area (Å²) in [6.07, 6.45) is 0.